The summed E-state index contributed by atoms with van der Waals surface area (Å²) >= 11 is 2.46. The van der Waals surface area contributed by atoms with Gasteiger partial charge in [0.2, 0.25) is 0 Å². The van der Waals surface area contributed by atoms with E-state index < -0.39 is 0 Å². The molecule has 0 aromatic carbocycles. The molecule has 0 N–H and O–H groups in total. The highest BCUT2D eigenvalue weighted by Gasteiger charge is 2.38. The lowest BCUT2D eigenvalue weighted by molar-refractivity contribution is 0.234. The fraction of sp³-hybridized carbons (Fsp3) is 1.00. The fourth-order valence-corrected chi connectivity index (χ4v) is 3.17. The van der Waals surface area contributed by atoms with Crippen molar-refractivity contribution in [3.8, 4) is 0 Å². The third-order valence-corrected chi connectivity index (χ3v) is 4.22. The molecule has 0 spiro atoms. The molecule has 0 heterocycles. The van der Waals surface area contributed by atoms with E-state index in [-0.39, 0.29) is 0 Å². The molecule has 1 aliphatic carbocycles. The molecule has 0 radical (unpaired) electrons. The van der Waals surface area contributed by atoms with Crippen molar-refractivity contribution in [2.45, 2.75) is 51.5 Å². The molecular formula is C10H20IN. The third kappa shape index (κ3) is 2.13. The van der Waals surface area contributed by atoms with Gasteiger partial charge < -0.3 is 0 Å². The first kappa shape index (κ1) is 10.8. The molecule has 2 heteroatoms. The van der Waals surface area contributed by atoms with Crippen molar-refractivity contribution in [3.63, 3.8) is 0 Å². The fourth-order valence-electron chi connectivity index (χ4n) is 2.49. The molecule has 1 nitrogen and oxygen atoms in total. The second-order valence-corrected chi connectivity index (χ2v) is 5.75. The first-order chi connectivity index (χ1) is 5.60. The monoisotopic (exact) mass is 281 g/mol. The molecule has 0 aliphatic heterocycles. The standard InChI is InChI=1S/C10H20IN/c1-4-6-10(12(3)11)7-5-9(2)8-10/h9H,4-8H2,1-3H3. The molecule has 72 valence electrons. The zero-order chi connectivity index (χ0) is 9.19. The highest BCUT2D eigenvalue weighted by atomic mass is 127. The quantitative estimate of drug-likeness (QED) is 0.564. The maximum Gasteiger partial charge on any atom is 0.0304 e. The summed E-state index contributed by atoms with van der Waals surface area (Å²) in [5, 5.41) is 0. The Hall–Kier alpha value is 0.690. The van der Waals surface area contributed by atoms with Gasteiger partial charge in [-0.15, -0.1) is 0 Å². The molecule has 0 aromatic rings. The topological polar surface area (TPSA) is 3.24 Å². The van der Waals surface area contributed by atoms with Crippen molar-refractivity contribution in [1.29, 1.82) is 0 Å². The molecule has 2 unspecified atom stereocenters. The summed E-state index contributed by atoms with van der Waals surface area (Å²) in [5.41, 5.74) is 0.536. The minimum absolute atomic E-state index is 0.536. The van der Waals surface area contributed by atoms with Crippen LogP contribution in [0.4, 0.5) is 0 Å². The van der Waals surface area contributed by atoms with Gasteiger partial charge in [-0.3, -0.25) is 0 Å². The Morgan fingerprint density at radius 3 is 2.58 bits per heavy atom. The summed E-state index contributed by atoms with van der Waals surface area (Å²) in [4.78, 5) is 0. The minimum Gasteiger partial charge on any atom is -0.244 e. The van der Waals surface area contributed by atoms with Gasteiger partial charge in [0.25, 0.3) is 0 Å². The molecule has 1 aliphatic rings. The summed E-state index contributed by atoms with van der Waals surface area (Å²) in [6.07, 6.45) is 6.92. The van der Waals surface area contributed by atoms with Crippen molar-refractivity contribution in [3.05, 3.63) is 0 Å². The summed E-state index contributed by atoms with van der Waals surface area (Å²) < 4.78 is 2.43. The Morgan fingerprint density at radius 2 is 2.25 bits per heavy atom. The summed E-state index contributed by atoms with van der Waals surface area (Å²) in [7, 11) is 2.23. The van der Waals surface area contributed by atoms with Crippen LogP contribution in [0.2, 0.25) is 0 Å². The maximum absolute atomic E-state index is 2.46. The van der Waals surface area contributed by atoms with Gasteiger partial charge in [-0.2, -0.15) is 0 Å². The minimum atomic E-state index is 0.536. The van der Waals surface area contributed by atoms with Gasteiger partial charge in [-0.25, -0.2) is 3.11 Å². The number of halogens is 1. The molecule has 2 atom stereocenters. The van der Waals surface area contributed by atoms with E-state index in [4.69, 9.17) is 0 Å². The van der Waals surface area contributed by atoms with E-state index in [1.165, 1.54) is 32.1 Å². The van der Waals surface area contributed by atoms with Crippen molar-refractivity contribution in [2.75, 3.05) is 7.05 Å². The maximum atomic E-state index is 2.46. The zero-order valence-corrected chi connectivity index (χ0v) is 10.6. The number of hydrogen-bond acceptors (Lipinski definition) is 1. The van der Waals surface area contributed by atoms with Crippen LogP contribution in [-0.2, 0) is 0 Å². The second kappa shape index (κ2) is 4.27. The van der Waals surface area contributed by atoms with E-state index in [9.17, 15) is 0 Å². The predicted octanol–water partition coefficient (Wildman–Crippen LogP) is 3.63. The van der Waals surface area contributed by atoms with Crippen LogP contribution < -0.4 is 0 Å². The number of rotatable bonds is 3. The predicted molar refractivity (Wildman–Crippen MR) is 62.4 cm³/mol. The Kier molecular flexibility index (Phi) is 3.83. The van der Waals surface area contributed by atoms with Crippen LogP contribution in [-0.4, -0.2) is 15.7 Å². The lowest BCUT2D eigenvalue weighted by Crippen LogP contribution is -2.37. The summed E-state index contributed by atoms with van der Waals surface area (Å²) in [5.74, 6) is 0.939. The first-order valence-electron chi connectivity index (χ1n) is 5.00. The van der Waals surface area contributed by atoms with Gasteiger partial charge in [0.1, 0.15) is 0 Å². The Labute approximate surface area is 90.4 Å². The number of nitrogens with zero attached hydrogens (tertiary/aromatic N) is 1. The van der Waals surface area contributed by atoms with Crippen LogP contribution in [0.15, 0.2) is 0 Å². The van der Waals surface area contributed by atoms with Crippen molar-refractivity contribution < 1.29 is 0 Å². The van der Waals surface area contributed by atoms with Gasteiger partial charge in [0.05, 0.1) is 0 Å². The number of hydrogen-bond donors (Lipinski definition) is 0. The molecule has 0 saturated heterocycles. The first-order valence-corrected chi connectivity index (χ1v) is 5.97. The van der Waals surface area contributed by atoms with Crippen molar-refractivity contribution in [1.82, 2.24) is 3.11 Å². The Morgan fingerprint density at radius 1 is 1.58 bits per heavy atom. The highest BCUT2D eigenvalue weighted by Crippen LogP contribution is 2.42. The van der Waals surface area contributed by atoms with Crippen LogP contribution in [0.25, 0.3) is 0 Å². The Balaban J connectivity index is 2.61. The smallest absolute Gasteiger partial charge is 0.0304 e. The van der Waals surface area contributed by atoms with E-state index in [1.54, 1.807) is 0 Å². The molecule has 1 saturated carbocycles. The molecule has 1 rings (SSSR count). The molecular weight excluding hydrogens is 261 g/mol. The van der Waals surface area contributed by atoms with Gasteiger partial charge >= 0.3 is 0 Å². The van der Waals surface area contributed by atoms with Crippen LogP contribution >= 0.6 is 22.9 Å². The molecule has 1 fully saturated rings. The zero-order valence-electron chi connectivity index (χ0n) is 8.44. The van der Waals surface area contributed by atoms with Crippen molar-refractivity contribution >= 4 is 22.9 Å². The van der Waals surface area contributed by atoms with Gasteiger partial charge in [-0.05, 0) is 38.6 Å². The average molecular weight is 281 g/mol. The van der Waals surface area contributed by atoms with Crippen LogP contribution in [0.5, 0.6) is 0 Å². The normalized spacial score (nSPS) is 36.2. The van der Waals surface area contributed by atoms with E-state index in [2.05, 4.69) is 46.9 Å². The molecule has 0 bridgehead atoms. The second-order valence-electron chi connectivity index (χ2n) is 4.30. The van der Waals surface area contributed by atoms with Crippen molar-refractivity contribution in [2.24, 2.45) is 5.92 Å². The van der Waals surface area contributed by atoms with E-state index in [0.717, 1.165) is 5.92 Å². The third-order valence-electron chi connectivity index (χ3n) is 3.20. The molecule has 12 heavy (non-hydrogen) atoms. The lowest BCUT2D eigenvalue weighted by atomic mass is 9.91. The Bertz CT molecular complexity index is 143. The average Bonchev–Trinajstić information content (AvgIpc) is 2.34. The lowest BCUT2D eigenvalue weighted by Gasteiger charge is -2.34. The van der Waals surface area contributed by atoms with Gasteiger partial charge in [0.15, 0.2) is 0 Å². The van der Waals surface area contributed by atoms with E-state index in [1.807, 2.05) is 0 Å². The largest absolute Gasteiger partial charge is 0.244 e. The van der Waals surface area contributed by atoms with Crippen LogP contribution in [0.1, 0.15) is 46.0 Å². The van der Waals surface area contributed by atoms with Crippen LogP contribution in [0, 0.1) is 5.92 Å². The molecule has 0 aromatic heterocycles. The highest BCUT2D eigenvalue weighted by molar-refractivity contribution is 14.1. The molecule has 0 amide bonds. The van der Waals surface area contributed by atoms with E-state index in [0.29, 0.717) is 5.54 Å². The van der Waals surface area contributed by atoms with Gasteiger partial charge in [0, 0.05) is 28.4 Å². The van der Waals surface area contributed by atoms with Gasteiger partial charge in [-0.1, -0.05) is 20.3 Å². The van der Waals surface area contributed by atoms with Crippen LogP contribution in [0.3, 0.4) is 0 Å². The SMILES string of the molecule is CCCC1(N(C)I)CCC(C)C1. The van der Waals surface area contributed by atoms with E-state index >= 15 is 0 Å². The summed E-state index contributed by atoms with van der Waals surface area (Å²) in [6, 6.07) is 0. The summed E-state index contributed by atoms with van der Waals surface area (Å²) in [6.45, 7) is 4.68.